The largest absolute Gasteiger partial charge is 0.508 e. The quantitative estimate of drug-likeness (QED) is 0.390. The predicted octanol–water partition coefficient (Wildman–Crippen LogP) is -1.26. The van der Waals surface area contributed by atoms with Crippen LogP contribution in [0.5, 0.6) is 5.75 Å². The van der Waals surface area contributed by atoms with Crippen molar-refractivity contribution < 1.29 is 30.0 Å². The third-order valence-electron chi connectivity index (χ3n) is 2.22. The number of rotatable bonds is 5. The van der Waals surface area contributed by atoms with Crippen LogP contribution in [0.4, 0.5) is 0 Å². The summed E-state index contributed by atoms with van der Waals surface area (Å²) in [6, 6.07) is 4.30. The van der Waals surface area contributed by atoms with Gasteiger partial charge in [0.15, 0.2) is 0 Å². The first-order valence-electron chi connectivity index (χ1n) is 5.63. The van der Waals surface area contributed by atoms with Crippen LogP contribution >= 0.6 is 0 Å². The summed E-state index contributed by atoms with van der Waals surface area (Å²) < 4.78 is 0. The summed E-state index contributed by atoms with van der Waals surface area (Å²) in [7, 11) is 0. The van der Waals surface area contributed by atoms with Gasteiger partial charge in [0.05, 0.1) is 6.61 Å². The second kappa shape index (κ2) is 8.86. The average molecular weight is 286 g/mol. The molecule has 1 aromatic rings. The summed E-state index contributed by atoms with van der Waals surface area (Å²) in [5, 5.41) is 33.4. The molecule has 0 amide bonds. The predicted molar refractivity (Wildman–Crippen MR) is 70.1 cm³/mol. The van der Waals surface area contributed by atoms with E-state index in [-0.39, 0.29) is 12.2 Å². The molecular formula is C12H18N2O6. The lowest BCUT2D eigenvalue weighted by Crippen LogP contribution is -2.33. The lowest BCUT2D eigenvalue weighted by atomic mass is 10.1. The molecule has 0 spiro atoms. The molecule has 112 valence electrons. The van der Waals surface area contributed by atoms with E-state index in [4.69, 9.17) is 31.9 Å². The van der Waals surface area contributed by atoms with Crippen LogP contribution in [0, 0.1) is 0 Å². The van der Waals surface area contributed by atoms with Crippen LogP contribution in [0.2, 0.25) is 0 Å². The summed E-state index contributed by atoms with van der Waals surface area (Å²) >= 11 is 0. The molecule has 0 bridgehead atoms. The summed E-state index contributed by atoms with van der Waals surface area (Å²) in [5.41, 5.74) is 10.9. The number of carboxylic acid groups (broad SMARTS) is 2. The number of aliphatic hydroxyl groups excluding tert-OH is 1. The summed E-state index contributed by atoms with van der Waals surface area (Å²) in [5.74, 6) is -2.04. The number of benzene rings is 1. The van der Waals surface area contributed by atoms with Crippen molar-refractivity contribution in [1.29, 1.82) is 0 Å². The number of aliphatic carboxylic acids is 2. The van der Waals surface area contributed by atoms with Crippen molar-refractivity contribution in [3.63, 3.8) is 0 Å². The smallest absolute Gasteiger partial charge is 0.322 e. The molecule has 0 aliphatic heterocycles. The van der Waals surface area contributed by atoms with Crippen LogP contribution < -0.4 is 11.5 Å². The molecule has 0 aliphatic carbocycles. The normalized spacial score (nSPS) is 12.8. The van der Waals surface area contributed by atoms with Gasteiger partial charge in [0.2, 0.25) is 0 Å². The topological polar surface area (TPSA) is 167 Å². The van der Waals surface area contributed by atoms with Crippen molar-refractivity contribution in [2.24, 2.45) is 11.5 Å². The highest BCUT2D eigenvalue weighted by Crippen LogP contribution is 2.10. The second-order valence-corrected chi connectivity index (χ2v) is 3.94. The Balaban J connectivity index is 0.000000441. The number of aromatic hydroxyl groups is 1. The van der Waals surface area contributed by atoms with Crippen molar-refractivity contribution >= 4 is 11.9 Å². The van der Waals surface area contributed by atoms with Crippen molar-refractivity contribution in [2.45, 2.75) is 18.5 Å². The van der Waals surface area contributed by atoms with Gasteiger partial charge in [-0.05, 0) is 24.1 Å². The number of carboxylic acids is 2. The third-order valence-corrected chi connectivity index (χ3v) is 2.22. The minimum atomic E-state index is -1.18. The van der Waals surface area contributed by atoms with Crippen LogP contribution in [0.25, 0.3) is 0 Å². The second-order valence-electron chi connectivity index (χ2n) is 3.94. The van der Waals surface area contributed by atoms with Gasteiger partial charge in [0.1, 0.15) is 17.8 Å². The maximum Gasteiger partial charge on any atom is 0.322 e. The molecule has 0 saturated heterocycles. The molecule has 0 radical (unpaired) electrons. The van der Waals surface area contributed by atoms with Gasteiger partial charge in [0, 0.05) is 0 Å². The standard InChI is InChI=1S/C9H11NO3.C3H7NO3/c10-8(9(12)13)5-6-1-3-7(11)4-2-6;4-2(1-5)3(6)7/h1-4,8,11H,5,10H2,(H,12,13);2,5H,1,4H2,(H,6,7)/t8-;2-/m10/s1. The van der Waals surface area contributed by atoms with E-state index < -0.39 is 30.6 Å². The van der Waals surface area contributed by atoms with Gasteiger partial charge in [-0.15, -0.1) is 0 Å². The van der Waals surface area contributed by atoms with E-state index in [0.29, 0.717) is 0 Å². The Bertz CT molecular complexity index is 434. The SMILES string of the molecule is N[C@@H](CO)C(=O)O.N[C@H](Cc1ccc(O)cc1)C(=O)O. The zero-order chi connectivity index (χ0) is 15.7. The van der Waals surface area contributed by atoms with E-state index in [1.165, 1.54) is 12.1 Å². The Morgan fingerprint density at radius 1 is 1.00 bits per heavy atom. The molecule has 0 saturated carbocycles. The third kappa shape index (κ3) is 7.31. The first kappa shape index (κ1) is 17.8. The fraction of sp³-hybridized carbons (Fsp3) is 0.333. The number of phenols is 1. The highest BCUT2D eigenvalue weighted by atomic mass is 16.4. The fourth-order valence-electron chi connectivity index (χ4n) is 1.05. The average Bonchev–Trinajstić information content (AvgIpc) is 2.40. The molecular weight excluding hydrogens is 268 g/mol. The minimum absolute atomic E-state index is 0.160. The van der Waals surface area contributed by atoms with E-state index in [1.54, 1.807) is 12.1 Å². The molecule has 8 heteroatoms. The molecule has 0 unspecified atom stereocenters. The van der Waals surface area contributed by atoms with Crippen molar-refractivity contribution in [1.82, 2.24) is 0 Å². The molecule has 0 aromatic heterocycles. The lowest BCUT2D eigenvalue weighted by Gasteiger charge is -2.05. The number of aliphatic hydroxyl groups is 1. The molecule has 1 aromatic carbocycles. The minimum Gasteiger partial charge on any atom is -0.508 e. The number of hydrogen-bond acceptors (Lipinski definition) is 6. The van der Waals surface area contributed by atoms with Crippen LogP contribution in [-0.4, -0.2) is 51.1 Å². The number of nitrogens with two attached hydrogens (primary N) is 2. The Morgan fingerprint density at radius 3 is 1.75 bits per heavy atom. The van der Waals surface area contributed by atoms with Gasteiger partial charge in [-0.3, -0.25) is 9.59 Å². The Labute approximate surface area is 115 Å². The van der Waals surface area contributed by atoms with Gasteiger partial charge < -0.3 is 31.9 Å². The Morgan fingerprint density at radius 2 is 1.45 bits per heavy atom. The van der Waals surface area contributed by atoms with Gasteiger partial charge in [0.25, 0.3) is 0 Å². The van der Waals surface area contributed by atoms with Gasteiger partial charge in [-0.1, -0.05) is 12.1 Å². The van der Waals surface area contributed by atoms with E-state index >= 15 is 0 Å². The molecule has 0 heterocycles. The molecule has 8 nitrogen and oxygen atoms in total. The van der Waals surface area contributed by atoms with Gasteiger partial charge in [-0.25, -0.2) is 0 Å². The van der Waals surface area contributed by atoms with Gasteiger partial charge in [-0.2, -0.15) is 0 Å². The van der Waals surface area contributed by atoms with Crippen LogP contribution in [-0.2, 0) is 16.0 Å². The maximum absolute atomic E-state index is 10.4. The van der Waals surface area contributed by atoms with Crippen molar-refractivity contribution in [3.05, 3.63) is 29.8 Å². The Kier molecular flexibility index (Phi) is 7.90. The summed E-state index contributed by atoms with van der Waals surface area (Å²) in [6.07, 6.45) is 0.273. The molecule has 0 aliphatic rings. The zero-order valence-corrected chi connectivity index (χ0v) is 10.6. The Hall–Kier alpha value is -2.16. The first-order valence-corrected chi connectivity index (χ1v) is 5.63. The number of carbonyl (C=O) groups is 2. The van der Waals surface area contributed by atoms with E-state index in [9.17, 15) is 9.59 Å². The van der Waals surface area contributed by atoms with E-state index in [2.05, 4.69) is 0 Å². The maximum atomic E-state index is 10.4. The van der Waals surface area contributed by atoms with Crippen LogP contribution in [0.1, 0.15) is 5.56 Å². The lowest BCUT2D eigenvalue weighted by molar-refractivity contribution is -0.140. The molecule has 1 rings (SSSR count). The van der Waals surface area contributed by atoms with Crippen molar-refractivity contribution in [3.8, 4) is 5.75 Å². The molecule has 0 fully saturated rings. The summed E-state index contributed by atoms with van der Waals surface area (Å²) in [6.45, 7) is -0.505. The van der Waals surface area contributed by atoms with Crippen molar-refractivity contribution in [2.75, 3.05) is 6.61 Å². The van der Waals surface area contributed by atoms with E-state index in [1.807, 2.05) is 0 Å². The highest BCUT2D eigenvalue weighted by molar-refractivity contribution is 5.73. The van der Waals surface area contributed by atoms with Crippen LogP contribution in [0.15, 0.2) is 24.3 Å². The fourth-order valence-corrected chi connectivity index (χ4v) is 1.05. The monoisotopic (exact) mass is 286 g/mol. The highest BCUT2D eigenvalue weighted by Gasteiger charge is 2.11. The van der Waals surface area contributed by atoms with Crippen LogP contribution in [0.3, 0.4) is 0 Å². The first-order chi connectivity index (χ1) is 9.27. The van der Waals surface area contributed by atoms with Gasteiger partial charge >= 0.3 is 11.9 Å². The molecule has 20 heavy (non-hydrogen) atoms. The van der Waals surface area contributed by atoms with E-state index in [0.717, 1.165) is 5.56 Å². The number of phenolic OH excluding ortho intramolecular Hbond substituents is 1. The molecule has 8 N–H and O–H groups in total. The number of hydrogen-bond donors (Lipinski definition) is 6. The molecule has 2 atom stereocenters. The zero-order valence-electron chi connectivity index (χ0n) is 10.6. The summed E-state index contributed by atoms with van der Waals surface area (Å²) in [4.78, 5) is 20.0.